The van der Waals surface area contributed by atoms with Gasteiger partial charge in [-0.15, -0.1) is 11.3 Å². The van der Waals surface area contributed by atoms with E-state index in [0.717, 1.165) is 8.09 Å². The first kappa shape index (κ1) is 20.8. The fraction of sp³-hybridized carbons (Fsp3) is 0.600. The second-order valence-corrected chi connectivity index (χ2v) is 12.2. The lowest BCUT2D eigenvalue weighted by molar-refractivity contribution is 0.0558. The van der Waals surface area contributed by atoms with Crippen LogP contribution in [0.4, 0.5) is 4.79 Å². The molecule has 1 fully saturated rings. The van der Waals surface area contributed by atoms with Gasteiger partial charge in [-0.05, 0) is 42.8 Å². The van der Waals surface area contributed by atoms with Crippen LogP contribution >= 0.6 is 38.9 Å². The maximum Gasteiger partial charge on any atom is 0.414 e. The van der Waals surface area contributed by atoms with Crippen molar-refractivity contribution in [3.05, 3.63) is 19.8 Å². The average Bonchev–Trinajstić information content (AvgIpc) is 3.07. The van der Waals surface area contributed by atoms with Crippen molar-refractivity contribution in [3.8, 4) is 0 Å². The van der Waals surface area contributed by atoms with Crippen molar-refractivity contribution < 1.29 is 22.7 Å². The van der Waals surface area contributed by atoms with Crippen molar-refractivity contribution in [2.45, 2.75) is 37.2 Å². The van der Waals surface area contributed by atoms with Crippen LogP contribution < -0.4 is 5.32 Å². The maximum absolute atomic E-state index is 13.1. The average molecular weight is 501 g/mol. The first-order valence-electron chi connectivity index (χ1n) is 7.97. The number of guanidine groups is 1. The predicted octanol–water partition coefficient (Wildman–Crippen LogP) is 2.91. The smallest absolute Gasteiger partial charge is 0.414 e. The number of thiophene rings is 1. The zero-order valence-corrected chi connectivity index (χ0v) is 19.1. The molecule has 3 heterocycles. The van der Waals surface area contributed by atoms with Gasteiger partial charge in [-0.25, -0.2) is 22.5 Å². The van der Waals surface area contributed by atoms with Crippen molar-refractivity contribution >= 4 is 60.9 Å². The number of hydrogen-bond donors (Lipinski definition) is 1. The molecule has 2 atom stereocenters. The van der Waals surface area contributed by atoms with Crippen molar-refractivity contribution in [3.63, 3.8) is 0 Å². The summed E-state index contributed by atoms with van der Waals surface area (Å²) in [6.07, 6.45) is -0.797. The van der Waals surface area contributed by atoms with E-state index in [2.05, 4.69) is 26.2 Å². The molecule has 1 aromatic rings. The van der Waals surface area contributed by atoms with Crippen LogP contribution in [-0.4, -0.2) is 55.9 Å². The Bertz CT molecular complexity index is 911. The van der Waals surface area contributed by atoms with Crippen LogP contribution in [-0.2, 0) is 25.0 Å². The summed E-state index contributed by atoms with van der Waals surface area (Å²) < 4.78 is 38.6. The van der Waals surface area contributed by atoms with Crippen LogP contribution in [0.25, 0.3) is 0 Å². The molecule has 1 saturated heterocycles. The normalized spacial score (nSPS) is 27.1. The third-order valence-corrected chi connectivity index (χ3v) is 8.53. The van der Waals surface area contributed by atoms with Crippen molar-refractivity contribution in [2.75, 3.05) is 20.3 Å². The van der Waals surface area contributed by atoms with E-state index in [1.165, 1.54) is 18.4 Å². The minimum Gasteiger partial charge on any atom is -0.444 e. The van der Waals surface area contributed by atoms with E-state index in [-0.39, 0.29) is 19.2 Å². The molecule has 8 nitrogen and oxygen atoms in total. The summed E-state index contributed by atoms with van der Waals surface area (Å²) in [6.45, 7) is 5.15. The quantitative estimate of drug-likeness (QED) is 0.639. The highest BCUT2D eigenvalue weighted by Crippen LogP contribution is 2.49. The highest BCUT2D eigenvalue weighted by molar-refractivity contribution is 9.11. The third-order valence-electron chi connectivity index (χ3n) is 4.13. The van der Waals surface area contributed by atoms with Crippen molar-refractivity contribution in [1.82, 2.24) is 9.62 Å². The van der Waals surface area contributed by atoms with Gasteiger partial charge < -0.3 is 9.47 Å². The standard InChI is InChI=1S/C15H19BrClN3O5S2/c1-14(2,3)25-13(21)18-12-19-15(11-8(17)5-10(16)26-11)7-24-6-9(15)27(22,23)20(12)4/h5,9H,6-7H2,1-4H3,(H,18,19,21). The van der Waals surface area contributed by atoms with Crippen LogP contribution in [0.3, 0.4) is 0 Å². The van der Waals surface area contributed by atoms with Crippen LogP contribution in [0.15, 0.2) is 14.8 Å². The number of carbonyl (C=O) groups is 1. The predicted molar refractivity (Wildman–Crippen MR) is 107 cm³/mol. The van der Waals surface area contributed by atoms with E-state index in [1.807, 2.05) is 0 Å². The number of aliphatic imine (C=N–C) groups is 1. The Morgan fingerprint density at radius 3 is 2.78 bits per heavy atom. The number of alkyl carbamates (subject to hydrolysis) is 1. The molecular formula is C15H19BrClN3O5S2. The molecule has 150 valence electrons. The summed E-state index contributed by atoms with van der Waals surface area (Å²) in [5, 5.41) is 1.89. The number of hydrogen-bond acceptors (Lipinski definition) is 7. The Morgan fingerprint density at radius 1 is 1.56 bits per heavy atom. The Morgan fingerprint density at radius 2 is 2.22 bits per heavy atom. The SMILES string of the molecule is CN1C(NC(=O)OC(C)(C)C)=NC2(c3sc(Br)cc3Cl)COCC2S1(=O)=O. The summed E-state index contributed by atoms with van der Waals surface area (Å²) in [5.74, 6) is -0.133. The minimum atomic E-state index is -3.85. The summed E-state index contributed by atoms with van der Waals surface area (Å²) in [5.41, 5.74) is -1.97. The molecule has 1 amide bonds. The van der Waals surface area contributed by atoms with Gasteiger partial charge in [-0.1, -0.05) is 11.6 Å². The summed E-state index contributed by atoms with van der Waals surface area (Å²) in [6, 6.07) is 1.69. The molecule has 2 unspecified atom stereocenters. The van der Waals surface area contributed by atoms with Gasteiger partial charge in [0.15, 0.2) is 0 Å². The Balaban J connectivity index is 2.09. The van der Waals surface area contributed by atoms with Crippen LogP contribution in [0.2, 0.25) is 5.02 Å². The van der Waals surface area contributed by atoms with Crippen molar-refractivity contribution in [2.24, 2.45) is 4.99 Å². The van der Waals surface area contributed by atoms with E-state index < -0.39 is 32.5 Å². The zero-order valence-electron chi connectivity index (χ0n) is 15.1. The van der Waals surface area contributed by atoms with Crippen molar-refractivity contribution in [1.29, 1.82) is 0 Å². The van der Waals surface area contributed by atoms with E-state index in [4.69, 9.17) is 21.1 Å². The molecule has 12 heteroatoms. The zero-order chi connectivity index (χ0) is 20.2. The van der Waals surface area contributed by atoms with E-state index in [1.54, 1.807) is 26.8 Å². The number of carbonyl (C=O) groups excluding carboxylic acids is 1. The topological polar surface area (TPSA) is 97.3 Å². The van der Waals surface area contributed by atoms with Gasteiger partial charge in [0.2, 0.25) is 16.0 Å². The second-order valence-electron chi connectivity index (χ2n) is 7.23. The van der Waals surface area contributed by atoms with Crippen LogP contribution in [0, 0.1) is 0 Å². The molecule has 0 bridgehead atoms. The molecule has 0 saturated carbocycles. The number of halogens is 2. The highest BCUT2D eigenvalue weighted by Gasteiger charge is 2.59. The van der Waals surface area contributed by atoms with Gasteiger partial charge in [0.1, 0.15) is 16.4 Å². The summed E-state index contributed by atoms with van der Waals surface area (Å²) in [7, 11) is -2.52. The number of nitrogens with one attached hydrogen (secondary N) is 1. The second kappa shape index (κ2) is 6.87. The molecule has 0 aliphatic carbocycles. The molecule has 1 aromatic heterocycles. The first-order valence-corrected chi connectivity index (χ1v) is 11.5. The summed E-state index contributed by atoms with van der Waals surface area (Å²) in [4.78, 5) is 17.4. The molecule has 3 rings (SSSR count). The molecule has 1 N–H and O–H groups in total. The van der Waals surface area contributed by atoms with Gasteiger partial charge in [0.05, 0.1) is 26.9 Å². The number of fused-ring (bicyclic) bond motifs is 1. The van der Waals surface area contributed by atoms with Gasteiger partial charge in [-0.3, -0.25) is 5.32 Å². The fourth-order valence-electron chi connectivity index (χ4n) is 2.96. The number of rotatable bonds is 1. The lowest BCUT2D eigenvalue weighted by Gasteiger charge is -2.38. The number of ether oxygens (including phenoxy) is 2. The lowest BCUT2D eigenvalue weighted by atomic mass is 9.96. The Hall–Kier alpha value is -0.880. The molecule has 2 aliphatic rings. The first-order chi connectivity index (χ1) is 12.4. The van der Waals surface area contributed by atoms with E-state index >= 15 is 0 Å². The molecule has 27 heavy (non-hydrogen) atoms. The molecule has 0 radical (unpaired) electrons. The Labute approximate surface area is 175 Å². The molecular weight excluding hydrogens is 482 g/mol. The fourth-order valence-corrected chi connectivity index (χ4v) is 6.99. The lowest BCUT2D eigenvalue weighted by Crippen LogP contribution is -2.58. The molecule has 2 aliphatic heterocycles. The number of sulfonamides is 1. The van der Waals surface area contributed by atoms with Gasteiger partial charge in [-0.2, -0.15) is 0 Å². The molecule has 0 aromatic carbocycles. The number of amides is 1. The van der Waals surface area contributed by atoms with E-state index in [0.29, 0.717) is 9.90 Å². The maximum atomic E-state index is 13.1. The third kappa shape index (κ3) is 3.71. The highest BCUT2D eigenvalue weighted by atomic mass is 79.9. The summed E-state index contributed by atoms with van der Waals surface area (Å²) >= 11 is 11.0. The monoisotopic (exact) mass is 499 g/mol. The van der Waals surface area contributed by atoms with Gasteiger partial charge in [0, 0.05) is 7.05 Å². The van der Waals surface area contributed by atoms with Crippen LogP contribution in [0.5, 0.6) is 0 Å². The number of nitrogens with zero attached hydrogens (tertiary/aromatic N) is 2. The van der Waals surface area contributed by atoms with Gasteiger partial charge >= 0.3 is 6.09 Å². The largest absolute Gasteiger partial charge is 0.444 e. The van der Waals surface area contributed by atoms with E-state index in [9.17, 15) is 13.2 Å². The van der Waals surface area contributed by atoms with Crippen LogP contribution in [0.1, 0.15) is 25.6 Å². The van der Waals surface area contributed by atoms with Gasteiger partial charge in [0.25, 0.3) is 0 Å². The molecule has 0 spiro atoms. The minimum absolute atomic E-state index is 0.0122. The Kier molecular flexibility index (Phi) is 5.30.